The van der Waals surface area contributed by atoms with Gasteiger partial charge in [-0.3, -0.25) is 9.36 Å². The average Bonchev–Trinajstić information content (AvgIpc) is 2.81. The maximum atomic E-state index is 13.2. The van der Waals surface area contributed by atoms with Crippen molar-refractivity contribution in [3.8, 4) is 11.3 Å². The van der Waals surface area contributed by atoms with Crippen molar-refractivity contribution in [2.24, 2.45) is 7.05 Å². The summed E-state index contributed by atoms with van der Waals surface area (Å²) in [4.78, 5) is 12.1. The van der Waals surface area contributed by atoms with Gasteiger partial charge in [0, 0.05) is 31.0 Å². The van der Waals surface area contributed by atoms with Crippen LogP contribution in [0.25, 0.3) is 11.3 Å². The van der Waals surface area contributed by atoms with Crippen molar-refractivity contribution in [1.82, 2.24) is 14.7 Å². The summed E-state index contributed by atoms with van der Waals surface area (Å²) in [7, 11) is 1.98. The number of aryl methyl sites for hydroxylation is 1. The van der Waals surface area contributed by atoms with Crippen molar-refractivity contribution in [2.75, 3.05) is 11.9 Å². The Morgan fingerprint density at radius 2 is 2.04 bits per heavy atom. The van der Waals surface area contributed by atoms with E-state index < -0.39 is 0 Å². The summed E-state index contributed by atoms with van der Waals surface area (Å²) in [5.74, 6) is -0.380. The number of benzene rings is 2. The minimum atomic E-state index is -0.380. The maximum Gasteiger partial charge on any atom is 0.319 e. The van der Waals surface area contributed by atoms with E-state index >= 15 is 0 Å². The predicted molar refractivity (Wildman–Crippen MR) is 90.4 cm³/mol. The van der Waals surface area contributed by atoms with E-state index in [4.69, 9.17) is 0 Å². The number of aromatic nitrogens is 2. The van der Waals surface area contributed by atoms with Crippen LogP contribution in [0.5, 0.6) is 0 Å². The zero-order valence-corrected chi connectivity index (χ0v) is 13.2. The molecule has 1 aliphatic rings. The molecular formula is C18H17FN4O. The molecule has 1 unspecified atom stereocenters. The molecule has 2 N–H and O–H groups in total. The third-order valence-electron chi connectivity index (χ3n) is 4.33. The highest BCUT2D eigenvalue weighted by atomic mass is 19.1. The summed E-state index contributed by atoms with van der Waals surface area (Å²) in [6.45, 7) is 0.458. The lowest BCUT2D eigenvalue weighted by atomic mass is 10.0. The molecule has 3 aromatic rings. The number of carbonyl (C=O) groups is 1. The standard InChI is InChI=1S/C18H17FN4O/c1-22-11-17-15-8-3-2-7-14(15)16(23(17)22)10-20-18(24)21-13-6-4-5-12(19)9-13/h2-9,11,16H,10H2,1H3,(H2,20,21,24). The van der Waals surface area contributed by atoms with Gasteiger partial charge in [0.2, 0.25) is 0 Å². The van der Waals surface area contributed by atoms with Crippen molar-refractivity contribution >= 4 is 11.7 Å². The summed E-state index contributed by atoms with van der Waals surface area (Å²) in [6, 6.07) is 13.7. The fourth-order valence-electron chi connectivity index (χ4n) is 3.27. The van der Waals surface area contributed by atoms with E-state index in [0.29, 0.717) is 12.2 Å². The largest absolute Gasteiger partial charge is 0.335 e. The molecule has 1 aliphatic heterocycles. The van der Waals surface area contributed by atoms with Crippen LogP contribution in [0.3, 0.4) is 0 Å². The Bertz CT molecular complexity index is 911. The minimum absolute atomic E-state index is 0.0597. The maximum absolute atomic E-state index is 13.2. The third kappa shape index (κ3) is 2.36. The molecule has 5 nitrogen and oxygen atoms in total. The zero-order chi connectivity index (χ0) is 16.7. The second-order valence-corrected chi connectivity index (χ2v) is 5.88. The summed E-state index contributed by atoms with van der Waals surface area (Å²) < 4.78 is 17.3. The first-order chi connectivity index (χ1) is 11.6. The van der Waals surface area contributed by atoms with E-state index in [1.165, 1.54) is 29.0 Å². The zero-order valence-electron chi connectivity index (χ0n) is 13.2. The van der Waals surface area contributed by atoms with Gasteiger partial charge in [0.25, 0.3) is 0 Å². The molecule has 2 aromatic carbocycles. The molecule has 0 bridgehead atoms. The molecule has 0 spiro atoms. The van der Waals surface area contributed by atoms with Crippen LogP contribution in [-0.4, -0.2) is 21.9 Å². The Morgan fingerprint density at radius 3 is 2.83 bits per heavy atom. The van der Waals surface area contributed by atoms with Gasteiger partial charge < -0.3 is 10.6 Å². The Morgan fingerprint density at radius 1 is 1.21 bits per heavy atom. The number of nitrogens with zero attached hydrogens (tertiary/aromatic N) is 2. The summed E-state index contributed by atoms with van der Waals surface area (Å²) in [5, 5.41) is 5.52. The Hall–Kier alpha value is -3.02. The SMILES string of the molecule is Cn1cc2n1C(CNC(=O)Nc1cccc(F)c1)c1ccccc1-2. The van der Waals surface area contributed by atoms with Crippen LogP contribution in [0.15, 0.2) is 54.7 Å². The molecule has 0 aliphatic carbocycles. The van der Waals surface area contributed by atoms with Crippen LogP contribution in [0.4, 0.5) is 14.9 Å². The molecular weight excluding hydrogens is 307 g/mol. The van der Waals surface area contributed by atoms with E-state index in [0.717, 1.165) is 0 Å². The van der Waals surface area contributed by atoms with Gasteiger partial charge in [-0.1, -0.05) is 30.3 Å². The molecule has 0 fully saturated rings. The molecule has 4 rings (SSSR count). The quantitative estimate of drug-likeness (QED) is 0.762. The van der Waals surface area contributed by atoms with Gasteiger partial charge in [-0.25, -0.2) is 9.18 Å². The molecule has 1 aromatic heterocycles. The van der Waals surface area contributed by atoms with Crippen molar-refractivity contribution in [3.05, 3.63) is 66.1 Å². The predicted octanol–water partition coefficient (Wildman–Crippen LogP) is 3.36. The lowest BCUT2D eigenvalue weighted by molar-refractivity contribution is 0.250. The van der Waals surface area contributed by atoms with Gasteiger partial charge in [0.05, 0.1) is 11.7 Å². The lowest BCUT2D eigenvalue weighted by Gasteiger charge is -2.24. The third-order valence-corrected chi connectivity index (χ3v) is 4.33. The number of rotatable bonds is 3. The molecule has 0 saturated heterocycles. The van der Waals surface area contributed by atoms with Crippen LogP contribution in [-0.2, 0) is 7.05 Å². The number of hydrogen-bond donors (Lipinski definition) is 2. The summed E-state index contributed by atoms with van der Waals surface area (Å²) in [6.07, 6.45) is 2.08. The highest BCUT2D eigenvalue weighted by Gasteiger charge is 2.31. The van der Waals surface area contributed by atoms with Crippen molar-refractivity contribution < 1.29 is 9.18 Å². The minimum Gasteiger partial charge on any atom is -0.335 e. The van der Waals surface area contributed by atoms with Crippen LogP contribution in [0, 0.1) is 5.82 Å². The molecule has 0 radical (unpaired) electrons. The average molecular weight is 324 g/mol. The number of nitrogens with one attached hydrogen (secondary N) is 2. The van der Waals surface area contributed by atoms with Crippen LogP contribution >= 0.6 is 0 Å². The molecule has 6 heteroatoms. The Balaban J connectivity index is 1.47. The van der Waals surface area contributed by atoms with Crippen LogP contribution < -0.4 is 10.6 Å². The van der Waals surface area contributed by atoms with E-state index in [9.17, 15) is 9.18 Å². The molecule has 1 atom stereocenters. The topological polar surface area (TPSA) is 51.0 Å². The number of urea groups is 1. The van der Waals surface area contributed by atoms with Gasteiger partial charge in [0.15, 0.2) is 0 Å². The second-order valence-electron chi connectivity index (χ2n) is 5.88. The number of amides is 2. The normalized spacial score (nSPS) is 15.0. The van der Waals surface area contributed by atoms with E-state index in [-0.39, 0.29) is 17.9 Å². The summed E-state index contributed by atoms with van der Waals surface area (Å²) >= 11 is 0. The van der Waals surface area contributed by atoms with Crippen molar-refractivity contribution in [1.29, 1.82) is 0 Å². The fourth-order valence-corrected chi connectivity index (χ4v) is 3.27. The Kier molecular flexibility index (Phi) is 3.37. The lowest BCUT2D eigenvalue weighted by Crippen LogP contribution is -2.35. The Labute approximate surface area is 138 Å². The van der Waals surface area contributed by atoms with Gasteiger partial charge in [-0.15, -0.1) is 0 Å². The van der Waals surface area contributed by atoms with E-state index in [1.807, 2.05) is 23.9 Å². The number of anilines is 1. The molecule has 2 amide bonds. The number of carbonyl (C=O) groups excluding carboxylic acids is 1. The van der Waals surface area contributed by atoms with E-state index in [2.05, 4.69) is 33.6 Å². The number of halogens is 1. The van der Waals surface area contributed by atoms with E-state index in [1.54, 1.807) is 12.1 Å². The first-order valence-corrected chi connectivity index (χ1v) is 7.77. The molecule has 0 saturated carbocycles. The van der Waals surface area contributed by atoms with Crippen molar-refractivity contribution in [3.63, 3.8) is 0 Å². The molecule has 24 heavy (non-hydrogen) atoms. The number of fused-ring (bicyclic) bond motifs is 3. The van der Waals surface area contributed by atoms with Crippen LogP contribution in [0.1, 0.15) is 11.6 Å². The van der Waals surface area contributed by atoms with Gasteiger partial charge >= 0.3 is 6.03 Å². The smallest absolute Gasteiger partial charge is 0.319 e. The van der Waals surface area contributed by atoms with Crippen LogP contribution in [0.2, 0.25) is 0 Å². The number of hydrogen-bond acceptors (Lipinski definition) is 1. The monoisotopic (exact) mass is 324 g/mol. The van der Waals surface area contributed by atoms with Gasteiger partial charge in [-0.2, -0.15) is 0 Å². The van der Waals surface area contributed by atoms with Gasteiger partial charge in [-0.05, 0) is 23.8 Å². The second kappa shape index (κ2) is 5.56. The highest BCUT2D eigenvalue weighted by Crippen LogP contribution is 2.40. The highest BCUT2D eigenvalue weighted by molar-refractivity contribution is 5.89. The molecule has 122 valence electrons. The first kappa shape index (κ1) is 14.6. The molecule has 2 heterocycles. The van der Waals surface area contributed by atoms with Gasteiger partial charge in [0.1, 0.15) is 5.82 Å². The van der Waals surface area contributed by atoms with Crippen molar-refractivity contribution in [2.45, 2.75) is 6.04 Å². The summed E-state index contributed by atoms with van der Waals surface area (Å²) in [5.41, 5.74) is 4.00. The fraction of sp³-hybridized carbons (Fsp3) is 0.167. The first-order valence-electron chi connectivity index (χ1n) is 7.77.